The van der Waals surface area contributed by atoms with Crippen LogP contribution in [0, 0.1) is 0 Å². The van der Waals surface area contributed by atoms with Crippen molar-refractivity contribution in [3.63, 3.8) is 0 Å². The molecule has 0 unspecified atom stereocenters. The van der Waals surface area contributed by atoms with Gasteiger partial charge in [-0.25, -0.2) is 0 Å². The van der Waals surface area contributed by atoms with Crippen LogP contribution in [0.3, 0.4) is 0 Å². The molecule has 102 valence electrons. The summed E-state index contributed by atoms with van der Waals surface area (Å²) in [6.45, 7) is 5.83. The number of piperazine rings is 1. The summed E-state index contributed by atoms with van der Waals surface area (Å²) < 4.78 is 11.7. The third-order valence-corrected chi connectivity index (χ3v) is 3.49. The minimum atomic E-state index is 0.420. The van der Waals surface area contributed by atoms with E-state index in [4.69, 9.17) is 8.83 Å². The predicted molar refractivity (Wildman–Crippen MR) is 72.4 cm³/mol. The molecular formula is C12H15BrN4O2. The molecule has 19 heavy (non-hydrogen) atoms. The van der Waals surface area contributed by atoms with Crippen LogP contribution in [0.5, 0.6) is 0 Å². The largest absolute Gasteiger partial charge is 0.444 e. The number of nitrogens with zero attached hydrogens (tertiary/aromatic N) is 3. The Labute approximate surface area is 119 Å². The van der Waals surface area contributed by atoms with E-state index < -0.39 is 0 Å². The number of rotatable bonds is 3. The van der Waals surface area contributed by atoms with Crippen LogP contribution in [0.1, 0.15) is 12.8 Å². The maximum Gasteiger partial charge on any atom is 0.283 e. The third kappa shape index (κ3) is 3.05. The molecule has 0 saturated carbocycles. The first kappa shape index (κ1) is 12.8. The first-order chi connectivity index (χ1) is 9.20. The molecule has 1 N–H and O–H groups in total. The monoisotopic (exact) mass is 326 g/mol. The quantitative estimate of drug-likeness (QED) is 0.929. The van der Waals surface area contributed by atoms with Gasteiger partial charge in [0.05, 0.1) is 6.54 Å². The van der Waals surface area contributed by atoms with Crippen molar-refractivity contribution < 1.29 is 8.83 Å². The lowest BCUT2D eigenvalue weighted by Gasteiger charge is -2.30. The summed E-state index contributed by atoms with van der Waals surface area (Å²) in [5, 5.41) is 11.5. The Balaban J connectivity index is 1.68. The second kappa shape index (κ2) is 5.44. The summed E-state index contributed by atoms with van der Waals surface area (Å²) in [6, 6.07) is 4.10. The number of furan rings is 1. The average Bonchev–Trinajstić information content (AvgIpc) is 2.98. The number of hydrogen-bond donors (Lipinski definition) is 1. The van der Waals surface area contributed by atoms with E-state index in [0.717, 1.165) is 19.6 Å². The van der Waals surface area contributed by atoms with Gasteiger partial charge in [-0.1, -0.05) is 0 Å². The molecule has 2 aromatic heterocycles. The zero-order valence-corrected chi connectivity index (χ0v) is 12.2. The van der Waals surface area contributed by atoms with Gasteiger partial charge >= 0.3 is 0 Å². The number of nitrogens with one attached hydrogen (secondary N) is 1. The molecule has 1 atom stereocenters. The molecular weight excluding hydrogens is 312 g/mol. The van der Waals surface area contributed by atoms with E-state index in [2.05, 4.69) is 43.3 Å². The minimum Gasteiger partial charge on any atom is -0.444 e. The smallest absolute Gasteiger partial charge is 0.283 e. The van der Waals surface area contributed by atoms with Crippen LogP contribution in [0.15, 0.2) is 25.6 Å². The highest BCUT2D eigenvalue weighted by molar-refractivity contribution is 9.10. The van der Waals surface area contributed by atoms with Crippen LogP contribution in [0.4, 0.5) is 0 Å². The molecule has 6 nitrogen and oxygen atoms in total. The normalized spacial score (nSPS) is 20.8. The highest BCUT2D eigenvalue weighted by atomic mass is 79.9. The molecule has 0 aromatic carbocycles. The van der Waals surface area contributed by atoms with Crippen molar-refractivity contribution in [2.45, 2.75) is 19.5 Å². The van der Waals surface area contributed by atoms with Gasteiger partial charge in [0.15, 0.2) is 10.4 Å². The van der Waals surface area contributed by atoms with E-state index in [0.29, 0.717) is 34.8 Å². The molecule has 1 saturated heterocycles. The molecule has 0 bridgehead atoms. The SMILES string of the molecule is C[C@H]1CN(Cc2nnc(-c3ccc(Br)o3)o2)CCN1. The number of hydrogen-bond acceptors (Lipinski definition) is 6. The first-order valence-corrected chi connectivity index (χ1v) is 7.04. The van der Waals surface area contributed by atoms with Crippen molar-refractivity contribution in [3.05, 3.63) is 22.7 Å². The van der Waals surface area contributed by atoms with Gasteiger partial charge in [-0.15, -0.1) is 10.2 Å². The van der Waals surface area contributed by atoms with Crippen molar-refractivity contribution in [2.24, 2.45) is 0 Å². The lowest BCUT2D eigenvalue weighted by atomic mass is 10.2. The third-order valence-electron chi connectivity index (χ3n) is 3.06. The van der Waals surface area contributed by atoms with E-state index in [1.807, 2.05) is 0 Å². The molecule has 0 amide bonds. The van der Waals surface area contributed by atoms with Gasteiger partial charge < -0.3 is 14.2 Å². The number of aromatic nitrogens is 2. The zero-order chi connectivity index (χ0) is 13.2. The van der Waals surface area contributed by atoms with Crippen LogP contribution in [0.25, 0.3) is 11.7 Å². The van der Waals surface area contributed by atoms with Gasteiger partial charge in [-0.2, -0.15) is 0 Å². The Morgan fingerprint density at radius 2 is 2.32 bits per heavy atom. The Bertz CT molecular complexity index is 553. The maximum atomic E-state index is 5.62. The van der Waals surface area contributed by atoms with Crippen molar-refractivity contribution >= 4 is 15.9 Å². The fourth-order valence-corrected chi connectivity index (χ4v) is 2.50. The summed E-state index contributed by atoms with van der Waals surface area (Å²) in [7, 11) is 0. The van der Waals surface area contributed by atoms with Gasteiger partial charge in [-0.05, 0) is 35.0 Å². The molecule has 1 fully saturated rings. The Morgan fingerprint density at radius 3 is 3.05 bits per heavy atom. The van der Waals surface area contributed by atoms with Crippen molar-refractivity contribution in [1.29, 1.82) is 0 Å². The second-order valence-corrected chi connectivity index (χ2v) is 5.48. The van der Waals surface area contributed by atoms with E-state index in [-0.39, 0.29) is 0 Å². The molecule has 3 heterocycles. The Kier molecular flexibility index (Phi) is 3.67. The summed E-state index contributed by atoms with van der Waals surface area (Å²) in [6.07, 6.45) is 0. The highest BCUT2D eigenvalue weighted by Crippen LogP contribution is 2.24. The van der Waals surface area contributed by atoms with Gasteiger partial charge in [0.1, 0.15) is 0 Å². The van der Waals surface area contributed by atoms with E-state index >= 15 is 0 Å². The number of halogens is 1. The molecule has 0 radical (unpaired) electrons. The highest BCUT2D eigenvalue weighted by Gasteiger charge is 2.19. The van der Waals surface area contributed by atoms with Crippen molar-refractivity contribution in [2.75, 3.05) is 19.6 Å². The zero-order valence-electron chi connectivity index (χ0n) is 10.6. The maximum absolute atomic E-state index is 5.62. The summed E-state index contributed by atoms with van der Waals surface area (Å²) in [5.74, 6) is 1.62. The summed E-state index contributed by atoms with van der Waals surface area (Å²) in [5.41, 5.74) is 0. The lowest BCUT2D eigenvalue weighted by molar-refractivity contribution is 0.184. The molecule has 3 rings (SSSR count). The van der Waals surface area contributed by atoms with Crippen molar-refractivity contribution in [1.82, 2.24) is 20.4 Å². The lowest BCUT2D eigenvalue weighted by Crippen LogP contribution is -2.48. The second-order valence-electron chi connectivity index (χ2n) is 4.69. The van der Waals surface area contributed by atoms with Gasteiger partial charge in [0.2, 0.25) is 5.89 Å². The topological polar surface area (TPSA) is 67.3 Å². The Hall–Kier alpha value is -1.18. The molecule has 0 spiro atoms. The molecule has 2 aromatic rings. The first-order valence-electron chi connectivity index (χ1n) is 6.24. The molecule has 1 aliphatic heterocycles. The van der Waals surface area contributed by atoms with Crippen LogP contribution in [-0.4, -0.2) is 40.8 Å². The molecule has 7 heteroatoms. The van der Waals surface area contributed by atoms with E-state index in [1.165, 1.54) is 0 Å². The van der Waals surface area contributed by atoms with E-state index in [9.17, 15) is 0 Å². The summed E-state index contributed by atoms with van der Waals surface area (Å²) >= 11 is 3.25. The fourth-order valence-electron chi connectivity index (χ4n) is 2.19. The average molecular weight is 327 g/mol. The van der Waals surface area contributed by atoms with Crippen molar-refractivity contribution in [3.8, 4) is 11.7 Å². The predicted octanol–water partition coefficient (Wildman–Crippen LogP) is 1.89. The Morgan fingerprint density at radius 1 is 1.42 bits per heavy atom. The fraction of sp³-hybridized carbons (Fsp3) is 0.500. The minimum absolute atomic E-state index is 0.420. The van der Waals surface area contributed by atoms with Gasteiger partial charge in [-0.3, -0.25) is 4.90 Å². The van der Waals surface area contributed by atoms with Crippen LogP contribution >= 0.6 is 15.9 Å². The standard InChI is InChI=1S/C12H15BrN4O2/c1-8-6-17(5-4-14-8)7-11-15-16-12(19-11)9-2-3-10(13)18-9/h2-3,8,14H,4-7H2,1H3/t8-/m0/s1. The van der Waals surface area contributed by atoms with Crippen LogP contribution in [-0.2, 0) is 6.54 Å². The van der Waals surface area contributed by atoms with Crippen LogP contribution in [0.2, 0.25) is 0 Å². The van der Waals surface area contributed by atoms with Crippen LogP contribution < -0.4 is 5.32 Å². The summed E-state index contributed by atoms with van der Waals surface area (Å²) in [4.78, 5) is 2.30. The molecule has 1 aliphatic rings. The van der Waals surface area contributed by atoms with Gasteiger partial charge in [0.25, 0.3) is 5.89 Å². The molecule has 0 aliphatic carbocycles. The van der Waals surface area contributed by atoms with Gasteiger partial charge in [0, 0.05) is 25.7 Å². The van der Waals surface area contributed by atoms with E-state index in [1.54, 1.807) is 12.1 Å².